The number of rotatable bonds is 5. The zero-order chi connectivity index (χ0) is 13.8. The first-order valence-corrected chi connectivity index (χ1v) is 6.55. The summed E-state index contributed by atoms with van der Waals surface area (Å²) in [6.07, 6.45) is 1.84. The molecule has 0 bridgehead atoms. The van der Waals surface area contributed by atoms with Crippen molar-refractivity contribution in [1.29, 1.82) is 0 Å². The lowest BCUT2D eigenvalue weighted by atomic mass is 9.96. The summed E-state index contributed by atoms with van der Waals surface area (Å²) in [5, 5.41) is 10.5. The molecule has 0 saturated carbocycles. The van der Waals surface area contributed by atoms with E-state index in [2.05, 4.69) is 29.4 Å². The van der Waals surface area contributed by atoms with E-state index in [9.17, 15) is 4.39 Å². The van der Waals surface area contributed by atoms with E-state index in [-0.39, 0.29) is 11.9 Å². The zero-order valence-corrected chi connectivity index (χ0v) is 11.6. The molecule has 0 fully saturated rings. The van der Waals surface area contributed by atoms with E-state index in [1.807, 2.05) is 25.3 Å². The predicted octanol–water partition coefficient (Wildman–Crippen LogP) is 3.34. The van der Waals surface area contributed by atoms with Crippen LogP contribution in [0.15, 0.2) is 30.5 Å². The molecule has 2 rings (SSSR count). The number of aromatic amines is 1. The topological polar surface area (TPSA) is 40.7 Å². The minimum absolute atomic E-state index is 0.197. The summed E-state index contributed by atoms with van der Waals surface area (Å²) in [6.45, 7) is 7.07. The molecule has 1 aromatic carbocycles. The first kappa shape index (κ1) is 13.7. The fourth-order valence-corrected chi connectivity index (χ4v) is 2.18. The SMILES string of the molecule is Cc1[nH]ncc1CNC(c1ccc(F)cc1)C(C)C. The van der Waals surface area contributed by atoms with Gasteiger partial charge in [-0.3, -0.25) is 5.10 Å². The minimum atomic E-state index is -0.197. The van der Waals surface area contributed by atoms with Gasteiger partial charge in [-0.1, -0.05) is 26.0 Å². The smallest absolute Gasteiger partial charge is 0.123 e. The summed E-state index contributed by atoms with van der Waals surface area (Å²) in [6, 6.07) is 6.91. The molecular weight excluding hydrogens is 241 g/mol. The van der Waals surface area contributed by atoms with Crippen molar-refractivity contribution in [3.05, 3.63) is 53.1 Å². The maximum Gasteiger partial charge on any atom is 0.123 e. The number of hydrogen-bond donors (Lipinski definition) is 2. The summed E-state index contributed by atoms with van der Waals surface area (Å²) >= 11 is 0. The van der Waals surface area contributed by atoms with E-state index in [0.717, 1.165) is 23.4 Å². The molecule has 1 unspecified atom stereocenters. The fraction of sp³-hybridized carbons (Fsp3) is 0.400. The third kappa shape index (κ3) is 3.41. The number of nitrogens with zero attached hydrogens (tertiary/aromatic N) is 1. The number of halogens is 1. The van der Waals surface area contributed by atoms with Crippen molar-refractivity contribution in [1.82, 2.24) is 15.5 Å². The first-order valence-electron chi connectivity index (χ1n) is 6.55. The molecular formula is C15H20FN3. The third-order valence-corrected chi connectivity index (χ3v) is 3.34. The molecule has 4 heteroatoms. The summed E-state index contributed by atoms with van der Waals surface area (Å²) in [4.78, 5) is 0. The lowest BCUT2D eigenvalue weighted by Gasteiger charge is -2.23. The van der Waals surface area contributed by atoms with Gasteiger partial charge in [-0.2, -0.15) is 5.10 Å². The summed E-state index contributed by atoms with van der Waals surface area (Å²) in [5.74, 6) is 0.231. The van der Waals surface area contributed by atoms with E-state index >= 15 is 0 Å². The van der Waals surface area contributed by atoms with Crippen LogP contribution < -0.4 is 5.32 Å². The van der Waals surface area contributed by atoms with Gasteiger partial charge in [0.25, 0.3) is 0 Å². The van der Waals surface area contributed by atoms with E-state index in [4.69, 9.17) is 0 Å². The second kappa shape index (κ2) is 5.97. The first-order chi connectivity index (χ1) is 9.08. The Labute approximate surface area is 113 Å². The molecule has 102 valence electrons. The van der Waals surface area contributed by atoms with Gasteiger partial charge in [-0.25, -0.2) is 4.39 Å². The van der Waals surface area contributed by atoms with Gasteiger partial charge in [0.15, 0.2) is 0 Å². The molecule has 3 nitrogen and oxygen atoms in total. The molecule has 2 aromatic rings. The second-order valence-corrected chi connectivity index (χ2v) is 5.17. The zero-order valence-electron chi connectivity index (χ0n) is 11.6. The molecule has 0 saturated heterocycles. The van der Waals surface area contributed by atoms with Crippen molar-refractivity contribution in [2.45, 2.75) is 33.4 Å². The lowest BCUT2D eigenvalue weighted by Crippen LogP contribution is -2.25. The normalized spacial score (nSPS) is 12.9. The van der Waals surface area contributed by atoms with Crippen molar-refractivity contribution in [3.8, 4) is 0 Å². The predicted molar refractivity (Wildman–Crippen MR) is 74.1 cm³/mol. The van der Waals surface area contributed by atoms with Gasteiger partial charge in [-0.05, 0) is 30.5 Å². The average Bonchev–Trinajstić information content (AvgIpc) is 2.77. The number of nitrogens with one attached hydrogen (secondary N) is 2. The van der Waals surface area contributed by atoms with Crippen LogP contribution in [0.2, 0.25) is 0 Å². The molecule has 0 aliphatic heterocycles. The van der Waals surface area contributed by atoms with Crippen LogP contribution >= 0.6 is 0 Å². The number of H-pyrrole nitrogens is 1. The number of aryl methyl sites for hydroxylation is 1. The van der Waals surface area contributed by atoms with Crippen LogP contribution in [0.5, 0.6) is 0 Å². The molecule has 0 aliphatic carbocycles. The molecule has 0 radical (unpaired) electrons. The standard InChI is InChI=1S/C15H20FN3/c1-10(2)15(12-4-6-14(16)7-5-12)17-8-13-9-18-19-11(13)3/h4-7,9-10,15,17H,8H2,1-3H3,(H,18,19). The van der Waals surface area contributed by atoms with E-state index < -0.39 is 0 Å². The Hall–Kier alpha value is -1.68. The minimum Gasteiger partial charge on any atom is -0.306 e. The summed E-state index contributed by atoms with van der Waals surface area (Å²) < 4.78 is 13.0. The maximum absolute atomic E-state index is 13.0. The van der Waals surface area contributed by atoms with Crippen LogP contribution in [-0.4, -0.2) is 10.2 Å². The monoisotopic (exact) mass is 261 g/mol. The van der Waals surface area contributed by atoms with Crippen molar-refractivity contribution in [2.75, 3.05) is 0 Å². The van der Waals surface area contributed by atoms with Crippen molar-refractivity contribution < 1.29 is 4.39 Å². The Kier molecular flexibility index (Phi) is 4.32. The largest absolute Gasteiger partial charge is 0.306 e. The second-order valence-electron chi connectivity index (χ2n) is 5.17. The van der Waals surface area contributed by atoms with E-state index in [1.165, 1.54) is 12.1 Å². The van der Waals surface area contributed by atoms with Gasteiger partial charge < -0.3 is 5.32 Å². The van der Waals surface area contributed by atoms with Gasteiger partial charge in [0.1, 0.15) is 5.82 Å². The van der Waals surface area contributed by atoms with Crippen LogP contribution in [-0.2, 0) is 6.54 Å². The van der Waals surface area contributed by atoms with Gasteiger partial charge in [0.05, 0.1) is 6.20 Å². The Morgan fingerprint density at radius 1 is 1.26 bits per heavy atom. The van der Waals surface area contributed by atoms with Gasteiger partial charge in [-0.15, -0.1) is 0 Å². The Bertz CT molecular complexity index is 516. The Morgan fingerprint density at radius 3 is 2.47 bits per heavy atom. The van der Waals surface area contributed by atoms with Gasteiger partial charge >= 0.3 is 0 Å². The van der Waals surface area contributed by atoms with Crippen molar-refractivity contribution >= 4 is 0 Å². The fourth-order valence-electron chi connectivity index (χ4n) is 2.18. The van der Waals surface area contributed by atoms with Crippen LogP contribution in [0.1, 0.15) is 36.7 Å². The molecule has 1 aromatic heterocycles. The highest BCUT2D eigenvalue weighted by Gasteiger charge is 2.15. The molecule has 0 amide bonds. The van der Waals surface area contributed by atoms with Crippen LogP contribution in [0.3, 0.4) is 0 Å². The van der Waals surface area contributed by atoms with E-state index in [0.29, 0.717) is 5.92 Å². The van der Waals surface area contributed by atoms with Gasteiger partial charge in [0, 0.05) is 23.8 Å². The molecule has 0 aliphatic rings. The van der Waals surface area contributed by atoms with Crippen molar-refractivity contribution in [2.24, 2.45) is 5.92 Å². The molecule has 1 heterocycles. The van der Waals surface area contributed by atoms with Crippen LogP contribution in [0.25, 0.3) is 0 Å². The van der Waals surface area contributed by atoms with Gasteiger partial charge in [0.2, 0.25) is 0 Å². The molecule has 1 atom stereocenters. The highest BCUT2D eigenvalue weighted by molar-refractivity contribution is 5.21. The molecule has 0 spiro atoms. The summed E-state index contributed by atoms with van der Waals surface area (Å²) in [5.41, 5.74) is 3.35. The number of benzene rings is 1. The highest BCUT2D eigenvalue weighted by atomic mass is 19.1. The average molecular weight is 261 g/mol. The highest BCUT2D eigenvalue weighted by Crippen LogP contribution is 2.22. The summed E-state index contributed by atoms with van der Waals surface area (Å²) in [7, 11) is 0. The van der Waals surface area contributed by atoms with Crippen molar-refractivity contribution in [3.63, 3.8) is 0 Å². The van der Waals surface area contributed by atoms with Crippen LogP contribution in [0.4, 0.5) is 4.39 Å². The molecule has 2 N–H and O–H groups in total. The molecule has 19 heavy (non-hydrogen) atoms. The number of hydrogen-bond acceptors (Lipinski definition) is 2. The lowest BCUT2D eigenvalue weighted by molar-refractivity contribution is 0.410. The quantitative estimate of drug-likeness (QED) is 0.866. The van der Waals surface area contributed by atoms with Crippen LogP contribution in [0, 0.1) is 18.7 Å². The maximum atomic E-state index is 13.0. The Morgan fingerprint density at radius 2 is 1.95 bits per heavy atom. The third-order valence-electron chi connectivity index (χ3n) is 3.34. The Balaban J connectivity index is 2.08. The van der Waals surface area contributed by atoms with E-state index in [1.54, 1.807) is 0 Å². The number of aromatic nitrogens is 2.